The lowest BCUT2D eigenvalue weighted by molar-refractivity contribution is -0.141. The predicted molar refractivity (Wildman–Crippen MR) is 123 cm³/mol. The molecular formula is C25H29BrN2O2. The van der Waals surface area contributed by atoms with Gasteiger partial charge in [-0.05, 0) is 54.2 Å². The minimum absolute atomic E-state index is 0.0240. The third-order valence-electron chi connectivity index (χ3n) is 6.49. The number of amides is 2. The fourth-order valence-corrected chi connectivity index (χ4v) is 4.96. The fourth-order valence-electron chi connectivity index (χ4n) is 4.69. The van der Waals surface area contributed by atoms with E-state index in [0.29, 0.717) is 5.92 Å². The molecular weight excluding hydrogens is 440 g/mol. The minimum Gasteiger partial charge on any atom is -0.351 e. The molecule has 1 saturated carbocycles. The van der Waals surface area contributed by atoms with E-state index in [1.807, 2.05) is 36.4 Å². The molecule has 1 aliphatic carbocycles. The van der Waals surface area contributed by atoms with Gasteiger partial charge >= 0.3 is 0 Å². The summed E-state index contributed by atoms with van der Waals surface area (Å²) in [6, 6.07) is 16.0. The van der Waals surface area contributed by atoms with Crippen molar-refractivity contribution < 1.29 is 9.59 Å². The number of anilines is 1. The first-order valence-electron chi connectivity index (χ1n) is 10.9. The van der Waals surface area contributed by atoms with Crippen LogP contribution in [0.15, 0.2) is 53.0 Å². The molecule has 2 aromatic rings. The van der Waals surface area contributed by atoms with Crippen molar-refractivity contribution in [3.63, 3.8) is 0 Å². The van der Waals surface area contributed by atoms with Crippen molar-refractivity contribution in [2.24, 2.45) is 0 Å². The first-order valence-corrected chi connectivity index (χ1v) is 11.7. The zero-order valence-corrected chi connectivity index (χ0v) is 19.2. The maximum Gasteiger partial charge on any atom is 0.251 e. The number of β-lactam (4-membered cyclic amide) rings is 1. The molecule has 1 atom stereocenters. The molecule has 1 heterocycles. The van der Waals surface area contributed by atoms with E-state index in [1.165, 1.54) is 12.0 Å². The van der Waals surface area contributed by atoms with Crippen LogP contribution in [0.4, 0.5) is 5.69 Å². The van der Waals surface area contributed by atoms with Gasteiger partial charge in [0.2, 0.25) is 5.91 Å². The van der Waals surface area contributed by atoms with E-state index < -0.39 is 5.54 Å². The number of nitrogens with one attached hydrogen (secondary N) is 1. The van der Waals surface area contributed by atoms with Gasteiger partial charge in [-0.1, -0.05) is 73.3 Å². The van der Waals surface area contributed by atoms with E-state index in [-0.39, 0.29) is 24.3 Å². The smallest absolute Gasteiger partial charge is 0.251 e. The average Bonchev–Trinajstić information content (AvgIpc) is 2.74. The zero-order valence-electron chi connectivity index (χ0n) is 17.7. The Labute approximate surface area is 187 Å². The number of hydrogen-bond donors (Lipinski definition) is 1. The summed E-state index contributed by atoms with van der Waals surface area (Å²) in [6.07, 6.45) is 5.76. The third kappa shape index (κ3) is 3.80. The molecule has 30 heavy (non-hydrogen) atoms. The summed E-state index contributed by atoms with van der Waals surface area (Å²) in [5.41, 5.74) is 1.86. The van der Waals surface area contributed by atoms with Gasteiger partial charge in [-0.2, -0.15) is 0 Å². The van der Waals surface area contributed by atoms with Crippen molar-refractivity contribution in [2.45, 2.75) is 69.9 Å². The molecule has 2 amide bonds. The topological polar surface area (TPSA) is 49.4 Å². The van der Waals surface area contributed by atoms with Crippen LogP contribution < -0.4 is 10.2 Å². The third-order valence-corrected chi connectivity index (χ3v) is 7.02. The van der Waals surface area contributed by atoms with Crippen LogP contribution in [0.25, 0.3) is 0 Å². The van der Waals surface area contributed by atoms with Crippen LogP contribution in [-0.4, -0.2) is 17.9 Å². The second-order valence-electron chi connectivity index (χ2n) is 8.83. The molecule has 2 aliphatic rings. The van der Waals surface area contributed by atoms with E-state index >= 15 is 0 Å². The van der Waals surface area contributed by atoms with Gasteiger partial charge in [0.15, 0.2) is 5.54 Å². The molecule has 5 heteroatoms. The highest BCUT2D eigenvalue weighted by Crippen LogP contribution is 2.46. The molecule has 0 unspecified atom stereocenters. The van der Waals surface area contributed by atoms with Gasteiger partial charge in [-0.3, -0.25) is 14.5 Å². The van der Waals surface area contributed by atoms with E-state index in [1.54, 1.807) is 4.90 Å². The Morgan fingerprint density at radius 1 is 1.03 bits per heavy atom. The lowest BCUT2D eigenvalue weighted by atomic mass is 9.75. The second-order valence-corrected chi connectivity index (χ2v) is 9.74. The number of hydrogen-bond acceptors (Lipinski definition) is 2. The molecule has 4 rings (SSSR count). The van der Waals surface area contributed by atoms with Crippen LogP contribution in [0.2, 0.25) is 0 Å². The number of carbonyl (C=O) groups is 2. The number of carbonyl (C=O) groups excluding carboxylic acids is 2. The van der Waals surface area contributed by atoms with E-state index in [4.69, 9.17) is 0 Å². The molecule has 1 N–H and O–H groups in total. The molecule has 2 aromatic carbocycles. The van der Waals surface area contributed by atoms with E-state index in [2.05, 4.69) is 47.2 Å². The highest BCUT2D eigenvalue weighted by atomic mass is 79.9. The molecule has 1 aliphatic heterocycles. The molecule has 0 radical (unpaired) electrons. The summed E-state index contributed by atoms with van der Waals surface area (Å²) in [7, 11) is 0. The summed E-state index contributed by atoms with van der Waals surface area (Å²) >= 11 is 3.46. The van der Waals surface area contributed by atoms with Crippen LogP contribution in [0.3, 0.4) is 0 Å². The van der Waals surface area contributed by atoms with Crippen LogP contribution >= 0.6 is 15.9 Å². The molecule has 2 fully saturated rings. The number of rotatable bonds is 5. The van der Waals surface area contributed by atoms with Gasteiger partial charge in [0.05, 0.1) is 6.42 Å². The standard InChI is InChI=1S/C25H29BrN2O2/c1-17(2)18-8-10-19(11-9-18)25(24(30)27-21-6-4-3-5-7-21)16-23(29)28(25)22-14-12-20(26)13-15-22/h8-15,17,21H,3-7,16H2,1-2H3,(H,27,30)/t25-/m0/s1. The summed E-state index contributed by atoms with van der Waals surface area (Å²) in [6.45, 7) is 4.31. The maximum atomic E-state index is 13.7. The number of benzene rings is 2. The quantitative estimate of drug-likeness (QED) is 0.575. The van der Waals surface area contributed by atoms with Crippen molar-refractivity contribution >= 4 is 33.4 Å². The Morgan fingerprint density at radius 2 is 1.67 bits per heavy atom. The van der Waals surface area contributed by atoms with Gasteiger partial charge in [-0.25, -0.2) is 0 Å². The first kappa shape index (κ1) is 21.1. The Balaban J connectivity index is 1.73. The van der Waals surface area contributed by atoms with Crippen molar-refractivity contribution in [3.8, 4) is 0 Å². The Kier molecular flexibility index (Phi) is 6.01. The van der Waals surface area contributed by atoms with Gasteiger partial charge in [0.1, 0.15) is 0 Å². The van der Waals surface area contributed by atoms with Crippen LogP contribution in [0.5, 0.6) is 0 Å². The van der Waals surface area contributed by atoms with Gasteiger partial charge in [0, 0.05) is 16.2 Å². The molecule has 0 spiro atoms. The minimum atomic E-state index is -0.988. The van der Waals surface area contributed by atoms with Crippen molar-refractivity contribution in [1.82, 2.24) is 5.32 Å². The lowest BCUT2D eigenvalue weighted by Crippen LogP contribution is -2.69. The van der Waals surface area contributed by atoms with Crippen LogP contribution in [0, 0.1) is 0 Å². The monoisotopic (exact) mass is 468 g/mol. The Bertz CT molecular complexity index is 917. The predicted octanol–water partition coefficient (Wildman–Crippen LogP) is 5.65. The molecule has 1 saturated heterocycles. The van der Waals surface area contributed by atoms with Crippen molar-refractivity contribution in [2.75, 3.05) is 4.90 Å². The average molecular weight is 469 g/mol. The normalized spacial score (nSPS) is 22.1. The van der Waals surface area contributed by atoms with Crippen LogP contribution in [0.1, 0.15) is 69.4 Å². The lowest BCUT2D eigenvalue weighted by Gasteiger charge is -2.51. The summed E-state index contributed by atoms with van der Waals surface area (Å²) in [5.74, 6) is 0.329. The molecule has 158 valence electrons. The molecule has 4 nitrogen and oxygen atoms in total. The number of nitrogens with zero attached hydrogens (tertiary/aromatic N) is 1. The van der Waals surface area contributed by atoms with E-state index in [0.717, 1.165) is 41.4 Å². The molecule has 0 bridgehead atoms. The fraction of sp³-hybridized carbons (Fsp3) is 0.440. The van der Waals surface area contributed by atoms with E-state index in [9.17, 15) is 9.59 Å². The summed E-state index contributed by atoms with van der Waals surface area (Å²) in [4.78, 5) is 28.2. The van der Waals surface area contributed by atoms with Gasteiger partial charge < -0.3 is 5.32 Å². The highest BCUT2D eigenvalue weighted by molar-refractivity contribution is 9.10. The first-order chi connectivity index (χ1) is 14.4. The van der Waals surface area contributed by atoms with Gasteiger partial charge in [-0.15, -0.1) is 0 Å². The largest absolute Gasteiger partial charge is 0.351 e. The van der Waals surface area contributed by atoms with Crippen molar-refractivity contribution in [1.29, 1.82) is 0 Å². The second kappa shape index (κ2) is 8.54. The summed E-state index contributed by atoms with van der Waals surface area (Å²) < 4.78 is 0.942. The summed E-state index contributed by atoms with van der Waals surface area (Å²) in [5, 5.41) is 3.29. The maximum absolute atomic E-state index is 13.7. The Morgan fingerprint density at radius 3 is 2.23 bits per heavy atom. The van der Waals surface area contributed by atoms with Crippen LogP contribution in [-0.2, 0) is 15.1 Å². The zero-order chi connectivity index (χ0) is 21.3. The van der Waals surface area contributed by atoms with Gasteiger partial charge in [0.25, 0.3) is 5.91 Å². The SMILES string of the molecule is CC(C)c1ccc([C@]2(C(=O)NC3CCCCC3)CC(=O)N2c2ccc(Br)cc2)cc1. The van der Waals surface area contributed by atoms with Crippen molar-refractivity contribution in [3.05, 3.63) is 64.1 Å². The number of halogens is 1. The molecule has 0 aromatic heterocycles. The Hall–Kier alpha value is -2.14. The highest BCUT2D eigenvalue weighted by Gasteiger charge is 2.58.